The van der Waals surface area contributed by atoms with Crippen molar-refractivity contribution in [2.75, 3.05) is 12.8 Å². The normalized spacial score (nSPS) is 14.7. The highest BCUT2D eigenvalue weighted by Gasteiger charge is 2.38. The van der Waals surface area contributed by atoms with Crippen molar-refractivity contribution in [2.24, 2.45) is 0 Å². The molecule has 0 spiro atoms. The van der Waals surface area contributed by atoms with Gasteiger partial charge in [-0.25, -0.2) is 8.42 Å². The molecule has 1 aromatic rings. The molecule has 0 fully saturated rings. The molecular formula is C13H23NO3S. The van der Waals surface area contributed by atoms with Crippen molar-refractivity contribution in [3.63, 3.8) is 0 Å². The average Bonchev–Trinajstić information content (AvgIpc) is 2.75. The van der Waals surface area contributed by atoms with Crippen LogP contribution in [0.5, 0.6) is 0 Å². The fraction of sp³-hybridized carbons (Fsp3) is 0.692. The summed E-state index contributed by atoms with van der Waals surface area (Å²) in [6.45, 7) is 6.42. The Bertz CT molecular complexity index is 449. The zero-order valence-corrected chi connectivity index (χ0v) is 12.4. The number of hydrogen-bond acceptors (Lipinski definition) is 4. The summed E-state index contributed by atoms with van der Waals surface area (Å²) >= 11 is 0. The van der Waals surface area contributed by atoms with E-state index < -0.39 is 14.6 Å². The van der Waals surface area contributed by atoms with E-state index >= 15 is 0 Å². The Morgan fingerprint density at radius 3 is 2.56 bits per heavy atom. The minimum Gasteiger partial charge on any atom is -0.472 e. The van der Waals surface area contributed by atoms with Gasteiger partial charge in [0, 0.05) is 12.3 Å². The largest absolute Gasteiger partial charge is 0.472 e. The first-order valence-corrected chi connectivity index (χ1v) is 8.12. The minimum atomic E-state index is -3.13. The Morgan fingerprint density at radius 1 is 1.44 bits per heavy atom. The van der Waals surface area contributed by atoms with E-state index in [1.165, 1.54) is 6.26 Å². The molecule has 0 aromatic carbocycles. The molecule has 5 heteroatoms. The first kappa shape index (κ1) is 15.2. The number of furan rings is 1. The van der Waals surface area contributed by atoms with Crippen LogP contribution in [0.15, 0.2) is 23.0 Å². The van der Waals surface area contributed by atoms with Crippen LogP contribution in [-0.4, -0.2) is 32.0 Å². The molecule has 0 amide bonds. The molecular weight excluding hydrogens is 250 g/mol. The first-order chi connectivity index (χ1) is 8.29. The molecule has 1 unspecified atom stereocenters. The van der Waals surface area contributed by atoms with Crippen molar-refractivity contribution in [3.05, 3.63) is 24.2 Å². The number of hydrogen-bond donors (Lipinski definition) is 1. The molecule has 0 saturated heterocycles. The third-order valence-corrected chi connectivity index (χ3v) is 5.65. The van der Waals surface area contributed by atoms with E-state index in [0.29, 0.717) is 6.42 Å². The van der Waals surface area contributed by atoms with E-state index in [-0.39, 0.29) is 6.04 Å². The molecule has 1 aromatic heterocycles. The van der Waals surface area contributed by atoms with Crippen molar-refractivity contribution in [1.82, 2.24) is 5.32 Å². The quantitative estimate of drug-likeness (QED) is 0.825. The predicted molar refractivity (Wildman–Crippen MR) is 73.4 cm³/mol. The zero-order chi connectivity index (χ0) is 13.8. The minimum absolute atomic E-state index is 0.120. The maximum atomic E-state index is 11.9. The molecule has 4 nitrogen and oxygen atoms in total. The van der Waals surface area contributed by atoms with E-state index in [1.54, 1.807) is 26.4 Å². The zero-order valence-electron chi connectivity index (χ0n) is 11.6. The van der Waals surface area contributed by atoms with E-state index in [2.05, 4.69) is 12.2 Å². The SMILES string of the molecule is CCCNC(Cc1ccoc1)C(C)(C)S(C)(=O)=O. The highest BCUT2D eigenvalue weighted by Crippen LogP contribution is 2.23. The summed E-state index contributed by atoms with van der Waals surface area (Å²) in [7, 11) is -3.13. The topological polar surface area (TPSA) is 59.3 Å². The lowest BCUT2D eigenvalue weighted by molar-refractivity contribution is 0.405. The summed E-state index contributed by atoms with van der Waals surface area (Å²) in [5.41, 5.74) is 1.01. The van der Waals surface area contributed by atoms with Gasteiger partial charge in [-0.15, -0.1) is 0 Å². The van der Waals surface area contributed by atoms with Crippen LogP contribution in [0.3, 0.4) is 0 Å². The van der Waals surface area contributed by atoms with Crippen LogP contribution in [0.25, 0.3) is 0 Å². The Labute approximate surface area is 110 Å². The van der Waals surface area contributed by atoms with Crippen molar-refractivity contribution < 1.29 is 12.8 Å². The van der Waals surface area contributed by atoms with Crippen LogP contribution in [0, 0.1) is 0 Å². The lowest BCUT2D eigenvalue weighted by Crippen LogP contribution is -2.52. The van der Waals surface area contributed by atoms with Crippen LogP contribution in [-0.2, 0) is 16.3 Å². The van der Waals surface area contributed by atoms with Gasteiger partial charge in [0.25, 0.3) is 0 Å². The van der Waals surface area contributed by atoms with Crippen LogP contribution in [0.2, 0.25) is 0 Å². The summed E-state index contributed by atoms with van der Waals surface area (Å²) < 4.78 is 28.1. The predicted octanol–water partition coefficient (Wildman–Crippen LogP) is 2.01. The van der Waals surface area contributed by atoms with Crippen molar-refractivity contribution in [2.45, 2.75) is 44.4 Å². The first-order valence-electron chi connectivity index (χ1n) is 6.23. The van der Waals surface area contributed by atoms with Gasteiger partial charge in [-0.1, -0.05) is 6.92 Å². The van der Waals surface area contributed by atoms with Crippen LogP contribution in [0.1, 0.15) is 32.8 Å². The third-order valence-electron chi connectivity index (χ3n) is 3.46. The van der Waals surface area contributed by atoms with Gasteiger partial charge in [0.15, 0.2) is 9.84 Å². The number of sulfone groups is 1. The lowest BCUT2D eigenvalue weighted by Gasteiger charge is -2.33. The van der Waals surface area contributed by atoms with Crippen molar-refractivity contribution in [1.29, 1.82) is 0 Å². The van der Waals surface area contributed by atoms with Gasteiger partial charge in [-0.3, -0.25) is 0 Å². The summed E-state index contributed by atoms with van der Waals surface area (Å²) in [6, 6.07) is 1.75. The van der Waals surface area contributed by atoms with Gasteiger partial charge in [-0.05, 0) is 44.9 Å². The number of nitrogens with one attached hydrogen (secondary N) is 1. The maximum Gasteiger partial charge on any atom is 0.154 e. The fourth-order valence-electron chi connectivity index (χ4n) is 1.79. The van der Waals surface area contributed by atoms with Gasteiger partial charge in [0.1, 0.15) is 0 Å². The van der Waals surface area contributed by atoms with Gasteiger partial charge < -0.3 is 9.73 Å². The van der Waals surface area contributed by atoms with E-state index in [4.69, 9.17) is 4.42 Å². The third kappa shape index (κ3) is 3.59. The Balaban J connectivity index is 2.90. The Hall–Kier alpha value is -0.810. The van der Waals surface area contributed by atoms with E-state index in [9.17, 15) is 8.42 Å². The monoisotopic (exact) mass is 273 g/mol. The molecule has 1 rings (SSSR count). The molecule has 0 aliphatic heterocycles. The second kappa shape index (κ2) is 5.89. The van der Waals surface area contributed by atoms with E-state index in [1.807, 2.05) is 6.07 Å². The average molecular weight is 273 g/mol. The summed E-state index contributed by atoms with van der Waals surface area (Å²) in [4.78, 5) is 0. The van der Waals surface area contributed by atoms with E-state index in [0.717, 1.165) is 18.5 Å². The number of rotatable bonds is 7. The van der Waals surface area contributed by atoms with Crippen molar-refractivity contribution in [3.8, 4) is 0 Å². The smallest absolute Gasteiger partial charge is 0.154 e. The van der Waals surface area contributed by atoms with Gasteiger partial charge in [-0.2, -0.15) is 0 Å². The highest BCUT2D eigenvalue weighted by molar-refractivity contribution is 7.92. The highest BCUT2D eigenvalue weighted by atomic mass is 32.2. The van der Waals surface area contributed by atoms with Gasteiger partial charge in [0.05, 0.1) is 17.3 Å². The molecule has 1 atom stereocenters. The molecule has 104 valence electrons. The Morgan fingerprint density at radius 2 is 2.11 bits per heavy atom. The van der Waals surface area contributed by atoms with Crippen LogP contribution in [0.4, 0.5) is 0 Å². The molecule has 0 radical (unpaired) electrons. The standard InChI is InChI=1S/C13H23NO3S/c1-5-7-14-12(9-11-6-8-17-10-11)13(2,3)18(4,15)16/h6,8,10,12,14H,5,7,9H2,1-4H3. The second-order valence-corrected chi connectivity index (χ2v) is 7.81. The van der Waals surface area contributed by atoms with Crippen LogP contribution >= 0.6 is 0 Å². The fourth-order valence-corrected chi connectivity index (χ4v) is 2.47. The van der Waals surface area contributed by atoms with Crippen molar-refractivity contribution >= 4 is 9.84 Å². The second-order valence-electron chi connectivity index (χ2n) is 5.22. The molecule has 0 bridgehead atoms. The molecule has 0 aliphatic rings. The lowest BCUT2D eigenvalue weighted by atomic mass is 9.96. The molecule has 1 heterocycles. The summed E-state index contributed by atoms with van der Waals surface area (Å²) in [6.07, 6.45) is 6.19. The molecule has 0 aliphatic carbocycles. The molecule has 18 heavy (non-hydrogen) atoms. The molecule has 1 N–H and O–H groups in total. The summed E-state index contributed by atoms with van der Waals surface area (Å²) in [5, 5.41) is 3.33. The maximum absolute atomic E-state index is 11.9. The van der Waals surface area contributed by atoms with Crippen LogP contribution < -0.4 is 5.32 Å². The van der Waals surface area contributed by atoms with Gasteiger partial charge >= 0.3 is 0 Å². The van der Waals surface area contributed by atoms with Gasteiger partial charge in [0.2, 0.25) is 0 Å². The Kier molecular flexibility index (Phi) is 4.99. The molecule has 0 saturated carbocycles. The summed E-state index contributed by atoms with van der Waals surface area (Å²) in [5.74, 6) is 0.